The number of aliphatic hydroxyl groups excluding tert-OH is 2. The van der Waals surface area contributed by atoms with E-state index in [0.717, 1.165) is 5.56 Å². The van der Waals surface area contributed by atoms with Gasteiger partial charge in [-0.2, -0.15) is 0 Å². The van der Waals surface area contributed by atoms with Crippen molar-refractivity contribution in [3.63, 3.8) is 0 Å². The summed E-state index contributed by atoms with van der Waals surface area (Å²) < 4.78 is 5.58. The largest absolute Gasteiger partial charge is 0.504 e. The smallest absolute Gasteiger partial charge is 0.224 e. The van der Waals surface area contributed by atoms with E-state index in [1.165, 1.54) is 0 Å². The summed E-state index contributed by atoms with van der Waals surface area (Å²) in [5, 5.41) is 32.8. The van der Waals surface area contributed by atoms with Gasteiger partial charge in [-0.05, 0) is 68.6 Å². The van der Waals surface area contributed by atoms with Crippen molar-refractivity contribution in [2.75, 3.05) is 19.8 Å². The van der Waals surface area contributed by atoms with Crippen LogP contribution in [0.5, 0.6) is 11.5 Å². The fourth-order valence-electron chi connectivity index (χ4n) is 4.09. The fraction of sp³-hybridized carbons (Fsp3) is 0.714. The number of carbonyl (C=O) groups excluding carboxylic acids is 2. The molecule has 0 aliphatic carbocycles. The summed E-state index contributed by atoms with van der Waals surface area (Å²) in [7, 11) is 0. The molecule has 0 radical (unpaired) electrons. The molecule has 9 nitrogen and oxygen atoms in total. The zero-order valence-electron chi connectivity index (χ0n) is 23.4. The standard InChI is InChI=1S/C28H49N3O6/c1-17(2)20(12-19-8-9-23(33)25(13-19)37-11-7-10-32)14-22(29)24(34)15-21(18(3)4)26(35)31-16-28(5,6)27(30)36/h8-9,13,17-18,20-22,24,32-34H,7,10-12,14-16,29H2,1-6H3,(H2,30,36)(H,31,35)/t20-,21-,22-,24-/m0/s1. The van der Waals surface area contributed by atoms with Gasteiger partial charge < -0.3 is 36.8 Å². The Morgan fingerprint density at radius 1 is 1.11 bits per heavy atom. The lowest BCUT2D eigenvalue weighted by Gasteiger charge is -2.30. The van der Waals surface area contributed by atoms with E-state index in [-0.39, 0.29) is 49.0 Å². The average molecular weight is 524 g/mol. The van der Waals surface area contributed by atoms with E-state index in [0.29, 0.717) is 31.6 Å². The number of aliphatic hydroxyl groups is 2. The Morgan fingerprint density at radius 3 is 2.30 bits per heavy atom. The number of phenolic OH excluding ortho intramolecular Hbond substituents is 1. The van der Waals surface area contributed by atoms with Crippen molar-refractivity contribution in [3.8, 4) is 11.5 Å². The van der Waals surface area contributed by atoms with Crippen LogP contribution in [0, 0.1) is 29.1 Å². The van der Waals surface area contributed by atoms with Crippen LogP contribution in [0.1, 0.15) is 66.4 Å². The van der Waals surface area contributed by atoms with Crippen LogP contribution >= 0.6 is 0 Å². The van der Waals surface area contributed by atoms with E-state index in [9.17, 15) is 19.8 Å². The molecule has 212 valence electrons. The molecular formula is C28H49N3O6. The lowest BCUT2D eigenvalue weighted by atomic mass is 9.80. The zero-order chi connectivity index (χ0) is 28.3. The number of ether oxygens (including phenoxy) is 1. The molecule has 0 spiro atoms. The molecule has 37 heavy (non-hydrogen) atoms. The molecule has 1 aromatic rings. The molecule has 4 atom stereocenters. The second kappa shape index (κ2) is 15.1. The van der Waals surface area contributed by atoms with Gasteiger partial charge in [0.15, 0.2) is 11.5 Å². The number of hydrogen-bond donors (Lipinski definition) is 6. The first-order chi connectivity index (χ1) is 17.2. The normalized spacial score (nSPS) is 15.3. The maximum Gasteiger partial charge on any atom is 0.224 e. The quantitative estimate of drug-likeness (QED) is 0.170. The van der Waals surface area contributed by atoms with Crippen LogP contribution in [0.4, 0.5) is 0 Å². The van der Waals surface area contributed by atoms with Crippen LogP contribution in [0.2, 0.25) is 0 Å². The Balaban J connectivity index is 2.83. The minimum Gasteiger partial charge on any atom is -0.504 e. The van der Waals surface area contributed by atoms with Crippen LogP contribution in [-0.2, 0) is 16.0 Å². The number of carbonyl (C=O) groups is 2. The third kappa shape index (κ3) is 10.9. The van der Waals surface area contributed by atoms with Gasteiger partial charge in [0.05, 0.1) is 18.1 Å². The van der Waals surface area contributed by atoms with Gasteiger partial charge >= 0.3 is 0 Å². The Labute approximate surface area is 222 Å². The number of primary amides is 1. The lowest BCUT2D eigenvalue weighted by Crippen LogP contribution is -2.46. The molecule has 0 fully saturated rings. The molecule has 0 bridgehead atoms. The molecule has 0 saturated heterocycles. The van der Waals surface area contributed by atoms with Gasteiger partial charge in [-0.15, -0.1) is 0 Å². The molecule has 0 aliphatic rings. The zero-order valence-corrected chi connectivity index (χ0v) is 23.4. The molecule has 0 aliphatic heterocycles. The Bertz CT molecular complexity index is 858. The maximum atomic E-state index is 12.9. The number of amides is 2. The van der Waals surface area contributed by atoms with Gasteiger partial charge in [0.2, 0.25) is 11.8 Å². The van der Waals surface area contributed by atoms with Gasteiger partial charge in [0.25, 0.3) is 0 Å². The second-order valence-electron chi connectivity index (χ2n) is 11.5. The average Bonchev–Trinajstić information content (AvgIpc) is 2.81. The van der Waals surface area contributed by atoms with E-state index in [1.54, 1.807) is 26.0 Å². The van der Waals surface area contributed by atoms with E-state index < -0.39 is 29.4 Å². The van der Waals surface area contributed by atoms with E-state index in [2.05, 4.69) is 19.2 Å². The van der Waals surface area contributed by atoms with Gasteiger partial charge in [0, 0.05) is 31.5 Å². The van der Waals surface area contributed by atoms with Crippen molar-refractivity contribution in [1.29, 1.82) is 0 Å². The molecule has 8 N–H and O–H groups in total. The number of nitrogens with one attached hydrogen (secondary N) is 1. The predicted molar refractivity (Wildman–Crippen MR) is 145 cm³/mol. The fourth-order valence-corrected chi connectivity index (χ4v) is 4.09. The molecule has 0 heterocycles. The molecule has 1 aromatic carbocycles. The Kier molecular flexibility index (Phi) is 13.4. The minimum absolute atomic E-state index is 0.0147. The van der Waals surface area contributed by atoms with E-state index in [1.807, 2.05) is 19.9 Å². The molecule has 0 saturated carbocycles. The van der Waals surface area contributed by atoms with Crippen molar-refractivity contribution in [3.05, 3.63) is 23.8 Å². The Morgan fingerprint density at radius 2 is 1.76 bits per heavy atom. The molecule has 1 rings (SSSR count). The van der Waals surface area contributed by atoms with Crippen molar-refractivity contribution >= 4 is 11.8 Å². The number of rotatable bonds is 17. The summed E-state index contributed by atoms with van der Waals surface area (Å²) in [6.07, 6.45) is 1.06. The highest BCUT2D eigenvalue weighted by Gasteiger charge is 2.32. The highest BCUT2D eigenvalue weighted by molar-refractivity contribution is 5.83. The first-order valence-corrected chi connectivity index (χ1v) is 13.3. The predicted octanol–water partition coefficient (Wildman–Crippen LogP) is 2.34. The van der Waals surface area contributed by atoms with Crippen molar-refractivity contribution in [2.24, 2.45) is 40.6 Å². The van der Waals surface area contributed by atoms with Crippen LogP contribution in [0.15, 0.2) is 18.2 Å². The van der Waals surface area contributed by atoms with Crippen molar-refractivity contribution in [2.45, 2.75) is 79.4 Å². The minimum atomic E-state index is -0.874. The van der Waals surface area contributed by atoms with Crippen molar-refractivity contribution < 1.29 is 29.6 Å². The van der Waals surface area contributed by atoms with Crippen LogP contribution in [-0.4, -0.2) is 59.0 Å². The monoisotopic (exact) mass is 523 g/mol. The molecule has 0 aromatic heterocycles. The highest BCUT2D eigenvalue weighted by Crippen LogP contribution is 2.31. The molecule has 9 heteroatoms. The van der Waals surface area contributed by atoms with Gasteiger partial charge in [0.1, 0.15) is 0 Å². The van der Waals surface area contributed by atoms with Crippen LogP contribution in [0.25, 0.3) is 0 Å². The number of nitrogens with two attached hydrogens (primary N) is 2. The molecule has 0 unspecified atom stereocenters. The molecular weight excluding hydrogens is 474 g/mol. The maximum absolute atomic E-state index is 12.9. The SMILES string of the molecule is CC(C)[C@@H](Cc1ccc(O)c(OCCCO)c1)C[C@H](N)[C@@H](O)C[C@H](C(=O)NCC(C)(C)C(N)=O)C(C)C. The first-order valence-electron chi connectivity index (χ1n) is 13.3. The number of hydrogen-bond acceptors (Lipinski definition) is 7. The number of aromatic hydroxyl groups is 1. The summed E-state index contributed by atoms with van der Waals surface area (Å²) >= 11 is 0. The summed E-state index contributed by atoms with van der Waals surface area (Å²) in [4.78, 5) is 24.4. The Hall–Kier alpha value is -2.36. The van der Waals surface area contributed by atoms with Crippen molar-refractivity contribution in [1.82, 2.24) is 5.32 Å². The molecule has 2 amide bonds. The first kappa shape index (κ1) is 32.7. The van der Waals surface area contributed by atoms with Gasteiger partial charge in [-0.25, -0.2) is 0 Å². The topological polar surface area (TPSA) is 168 Å². The van der Waals surface area contributed by atoms with Gasteiger partial charge in [-0.1, -0.05) is 33.8 Å². The highest BCUT2D eigenvalue weighted by atomic mass is 16.5. The summed E-state index contributed by atoms with van der Waals surface area (Å²) in [5.74, 6) is -0.343. The summed E-state index contributed by atoms with van der Waals surface area (Å²) in [6.45, 7) is 11.9. The summed E-state index contributed by atoms with van der Waals surface area (Å²) in [6, 6.07) is 4.72. The third-order valence-electron chi connectivity index (χ3n) is 7.10. The summed E-state index contributed by atoms with van der Waals surface area (Å²) in [5.41, 5.74) is 12.0. The van der Waals surface area contributed by atoms with Gasteiger partial charge in [-0.3, -0.25) is 9.59 Å². The number of phenols is 1. The van der Waals surface area contributed by atoms with Crippen LogP contribution in [0.3, 0.4) is 0 Å². The van der Waals surface area contributed by atoms with E-state index in [4.69, 9.17) is 21.3 Å². The third-order valence-corrected chi connectivity index (χ3v) is 7.10. The van der Waals surface area contributed by atoms with Crippen LogP contribution < -0.4 is 21.5 Å². The second-order valence-corrected chi connectivity index (χ2v) is 11.5. The lowest BCUT2D eigenvalue weighted by molar-refractivity contribution is -0.130. The van der Waals surface area contributed by atoms with E-state index >= 15 is 0 Å². The number of benzene rings is 1.